The molecule has 2 aromatic carbocycles. The van der Waals surface area contributed by atoms with Crippen LogP contribution in [-0.2, 0) is 6.54 Å². The predicted octanol–water partition coefficient (Wildman–Crippen LogP) is 2.95. The van der Waals surface area contributed by atoms with E-state index in [1.807, 2.05) is 30.5 Å². The van der Waals surface area contributed by atoms with Crippen LogP contribution in [0.3, 0.4) is 0 Å². The predicted molar refractivity (Wildman–Crippen MR) is 101 cm³/mol. The first kappa shape index (κ1) is 17.3. The van der Waals surface area contributed by atoms with Gasteiger partial charge in [-0.25, -0.2) is 4.39 Å². The maximum absolute atomic E-state index is 13.7. The number of aromatic nitrogens is 5. The lowest BCUT2D eigenvalue weighted by atomic mass is 10.1. The maximum atomic E-state index is 13.7. The van der Waals surface area contributed by atoms with Crippen molar-refractivity contribution in [2.75, 3.05) is 6.54 Å². The third-order valence-electron chi connectivity index (χ3n) is 4.17. The van der Waals surface area contributed by atoms with E-state index < -0.39 is 5.82 Å². The van der Waals surface area contributed by atoms with Gasteiger partial charge in [0.1, 0.15) is 12.1 Å². The molecule has 0 spiro atoms. The van der Waals surface area contributed by atoms with Gasteiger partial charge in [-0.2, -0.15) is 4.68 Å². The van der Waals surface area contributed by atoms with Crippen LogP contribution in [0.1, 0.15) is 10.4 Å². The van der Waals surface area contributed by atoms with E-state index in [4.69, 9.17) is 0 Å². The van der Waals surface area contributed by atoms with Crippen molar-refractivity contribution in [1.29, 1.82) is 0 Å². The molecule has 0 atom stereocenters. The standard InChI is InChI=1S/C18H14BrFN6O/c19-13-1-3-16-12(9-13)5-7-25(16)8-6-21-18(27)15-10-14(20)2-4-17(15)26-11-22-23-24-26/h1-5,7,9-11H,6,8H2,(H,21,27). The Balaban J connectivity index is 1.49. The molecule has 0 bridgehead atoms. The van der Waals surface area contributed by atoms with Crippen LogP contribution in [0.15, 0.2) is 59.5 Å². The third kappa shape index (κ3) is 3.59. The molecule has 7 nitrogen and oxygen atoms in total. The van der Waals surface area contributed by atoms with Gasteiger partial charge in [0.2, 0.25) is 0 Å². The molecule has 0 fully saturated rings. The first-order chi connectivity index (χ1) is 13.1. The number of hydrogen-bond acceptors (Lipinski definition) is 4. The van der Waals surface area contributed by atoms with Gasteiger partial charge in [-0.15, -0.1) is 5.10 Å². The Morgan fingerprint density at radius 1 is 1.19 bits per heavy atom. The molecule has 2 heterocycles. The number of hydrogen-bond donors (Lipinski definition) is 1. The molecule has 0 unspecified atom stereocenters. The smallest absolute Gasteiger partial charge is 0.253 e. The van der Waals surface area contributed by atoms with Crippen LogP contribution in [0.4, 0.5) is 4.39 Å². The molecule has 4 aromatic rings. The summed E-state index contributed by atoms with van der Waals surface area (Å²) in [4.78, 5) is 12.6. The molecular formula is C18H14BrFN6O. The van der Waals surface area contributed by atoms with Gasteiger partial charge >= 0.3 is 0 Å². The van der Waals surface area contributed by atoms with E-state index in [-0.39, 0.29) is 11.5 Å². The van der Waals surface area contributed by atoms with E-state index in [9.17, 15) is 9.18 Å². The minimum absolute atomic E-state index is 0.170. The second-order valence-electron chi connectivity index (χ2n) is 5.88. The van der Waals surface area contributed by atoms with E-state index >= 15 is 0 Å². The fourth-order valence-corrected chi connectivity index (χ4v) is 3.29. The Morgan fingerprint density at radius 3 is 2.89 bits per heavy atom. The molecule has 27 heavy (non-hydrogen) atoms. The molecule has 1 amide bonds. The number of carbonyl (C=O) groups is 1. The molecule has 136 valence electrons. The summed E-state index contributed by atoms with van der Waals surface area (Å²) in [6.45, 7) is 0.983. The highest BCUT2D eigenvalue weighted by Gasteiger charge is 2.15. The fourth-order valence-electron chi connectivity index (χ4n) is 2.91. The topological polar surface area (TPSA) is 77.6 Å². The summed E-state index contributed by atoms with van der Waals surface area (Å²) in [5, 5.41) is 14.8. The molecule has 0 aliphatic heterocycles. The Labute approximate surface area is 161 Å². The van der Waals surface area contributed by atoms with Crippen LogP contribution in [0.5, 0.6) is 0 Å². The lowest BCUT2D eigenvalue weighted by molar-refractivity contribution is 0.0952. The highest BCUT2D eigenvalue weighted by Crippen LogP contribution is 2.20. The lowest BCUT2D eigenvalue weighted by Gasteiger charge is -2.11. The van der Waals surface area contributed by atoms with Crippen LogP contribution in [-0.4, -0.2) is 37.2 Å². The summed E-state index contributed by atoms with van der Waals surface area (Å²) >= 11 is 3.46. The van der Waals surface area contributed by atoms with Gasteiger partial charge in [0.05, 0.1) is 11.3 Å². The first-order valence-corrected chi connectivity index (χ1v) is 8.96. The highest BCUT2D eigenvalue weighted by molar-refractivity contribution is 9.10. The Morgan fingerprint density at radius 2 is 2.07 bits per heavy atom. The number of nitrogens with zero attached hydrogens (tertiary/aromatic N) is 5. The van der Waals surface area contributed by atoms with Crippen molar-refractivity contribution in [3.63, 3.8) is 0 Å². The molecule has 9 heteroatoms. The van der Waals surface area contributed by atoms with Gasteiger partial charge in [-0.1, -0.05) is 15.9 Å². The molecule has 0 radical (unpaired) electrons. The van der Waals surface area contributed by atoms with Crippen LogP contribution in [0.2, 0.25) is 0 Å². The minimum Gasteiger partial charge on any atom is -0.350 e. The zero-order valence-electron chi connectivity index (χ0n) is 14.0. The van der Waals surface area contributed by atoms with Gasteiger partial charge < -0.3 is 9.88 Å². The Kier molecular flexibility index (Phi) is 4.68. The zero-order chi connectivity index (χ0) is 18.8. The number of amides is 1. The van der Waals surface area contributed by atoms with Crippen LogP contribution in [0.25, 0.3) is 16.6 Å². The van der Waals surface area contributed by atoms with Crippen molar-refractivity contribution in [3.8, 4) is 5.69 Å². The second-order valence-corrected chi connectivity index (χ2v) is 6.80. The number of tetrazole rings is 1. The number of rotatable bonds is 5. The van der Waals surface area contributed by atoms with Crippen LogP contribution >= 0.6 is 15.9 Å². The van der Waals surface area contributed by atoms with Crippen molar-refractivity contribution < 1.29 is 9.18 Å². The molecule has 0 aliphatic rings. The molecule has 1 N–H and O–H groups in total. The van der Waals surface area contributed by atoms with Crippen molar-refractivity contribution >= 4 is 32.7 Å². The van der Waals surface area contributed by atoms with E-state index in [0.717, 1.165) is 15.4 Å². The molecule has 0 saturated carbocycles. The summed E-state index contributed by atoms with van der Waals surface area (Å²) in [7, 11) is 0. The quantitative estimate of drug-likeness (QED) is 0.529. The van der Waals surface area contributed by atoms with Crippen molar-refractivity contribution in [2.24, 2.45) is 0 Å². The van der Waals surface area contributed by atoms with E-state index in [1.165, 1.54) is 29.2 Å². The normalized spacial score (nSPS) is 11.0. The van der Waals surface area contributed by atoms with Gasteiger partial charge in [0.15, 0.2) is 0 Å². The number of carbonyl (C=O) groups excluding carboxylic acids is 1. The highest BCUT2D eigenvalue weighted by atomic mass is 79.9. The van der Waals surface area contributed by atoms with E-state index in [0.29, 0.717) is 18.8 Å². The summed E-state index contributed by atoms with van der Waals surface area (Å²) in [5.41, 5.74) is 1.66. The first-order valence-electron chi connectivity index (χ1n) is 8.17. The fraction of sp³-hybridized carbons (Fsp3) is 0.111. The van der Waals surface area contributed by atoms with Crippen molar-refractivity contribution in [1.82, 2.24) is 30.1 Å². The average molecular weight is 429 g/mol. The van der Waals surface area contributed by atoms with Crippen LogP contribution in [0, 0.1) is 5.82 Å². The second kappa shape index (κ2) is 7.28. The number of halogens is 2. The van der Waals surface area contributed by atoms with Crippen LogP contribution < -0.4 is 5.32 Å². The summed E-state index contributed by atoms with van der Waals surface area (Å²) in [6.07, 6.45) is 3.33. The van der Waals surface area contributed by atoms with Gasteiger partial charge in [0.25, 0.3) is 5.91 Å². The van der Waals surface area contributed by atoms with Gasteiger partial charge in [-0.3, -0.25) is 4.79 Å². The molecule has 2 aromatic heterocycles. The summed E-state index contributed by atoms with van der Waals surface area (Å²) < 4.78 is 18.0. The Bertz CT molecular complexity index is 1110. The van der Waals surface area contributed by atoms with Gasteiger partial charge in [0, 0.05) is 34.7 Å². The molecule has 0 saturated heterocycles. The van der Waals surface area contributed by atoms with Crippen molar-refractivity contribution in [2.45, 2.75) is 6.54 Å². The maximum Gasteiger partial charge on any atom is 0.253 e. The number of fused-ring (bicyclic) bond motifs is 1. The summed E-state index contributed by atoms with van der Waals surface area (Å²) in [5.74, 6) is -0.891. The molecule has 0 aliphatic carbocycles. The molecule has 4 rings (SSSR count). The SMILES string of the molecule is O=C(NCCn1ccc2cc(Br)ccc21)c1cc(F)ccc1-n1cnnn1. The van der Waals surface area contributed by atoms with Crippen molar-refractivity contribution in [3.05, 3.63) is 70.8 Å². The summed E-state index contributed by atoms with van der Waals surface area (Å²) in [6, 6.07) is 12.0. The molecular weight excluding hydrogens is 415 g/mol. The minimum atomic E-state index is -0.501. The largest absolute Gasteiger partial charge is 0.350 e. The van der Waals surface area contributed by atoms with E-state index in [2.05, 4.69) is 41.3 Å². The third-order valence-corrected chi connectivity index (χ3v) is 4.66. The Hall–Kier alpha value is -3.07. The number of nitrogens with one attached hydrogen (secondary N) is 1. The van der Waals surface area contributed by atoms with E-state index in [1.54, 1.807) is 0 Å². The monoisotopic (exact) mass is 428 g/mol. The zero-order valence-corrected chi connectivity index (χ0v) is 15.6. The lowest BCUT2D eigenvalue weighted by Crippen LogP contribution is -2.28. The number of benzene rings is 2. The average Bonchev–Trinajstić information content (AvgIpc) is 3.31. The van der Waals surface area contributed by atoms with Gasteiger partial charge in [-0.05, 0) is 52.9 Å².